The van der Waals surface area contributed by atoms with Crippen LogP contribution in [0.3, 0.4) is 0 Å². The Hall–Kier alpha value is -0.880. The number of carbonyl (C=O) groups is 1. The smallest absolute Gasteiger partial charge is 0.334 e. The van der Waals surface area contributed by atoms with Gasteiger partial charge in [0.2, 0.25) is 5.44 Å². The van der Waals surface area contributed by atoms with Gasteiger partial charge in [-0.1, -0.05) is 6.08 Å². The van der Waals surface area contributed by atoms with Crippen molar-refractivity contribution in [1.29, 1.82) is 0 Å². The molecule has 1 unspecified atom stereocenters. The molecule has 0 aromatic heterocycles. The normalized spacial score (nSPS) is 15.2. The topological polar surface area (TPSA) is 80.7 Å². The van der Waals surface area contributed by atoms with Crippen LogP contribution in [0.2, 0.25) is 0 Å². The molecule has 0 heterocycles. The van der Waals surface area contributed by atoms with E-state index >= 15 is 0 Å². The molecule has 0 amide bonds. The minimum atomic E-state index is -4.31. The zero-order valence-electron chi connectivity index (χ0n) is 7.64. The molecule has 0 saturated heterocycles. The largest absolute Gasteiger partial charge is 0.440 e. The van der Waals surface area contributed by atoms with Crippen LogP contribution in [0.15, 0.2) is 11.6 Å². The van der Waals surface area contributed by atoms with Crippen molar-refractivity contribution in [2.24, 2.45) is 0 Å². The fourth-order valence-electron chi connectivity index (χ4n) is 0.422. The van der Waals surface area contributed by atoms with Crippen LogP contribution in [0.5, 0.6) is 0 Å². The second-order valence-electron chi connectivity index (χ2n) is 2.46. The third-order valence-corrected chi connectivity index (χ3v) is 2.38. The molecular formula is C7H12O5S. The van der Waals surface area contributed by atoms with Gasteiger partial charge in [-0.05, 0) is 20.8 Å². The summed E-state index contributed by atoms with van der Waals surface area (Å²) >= 11 is 0. The maximum absolute atomic E-state index is 11.0. The number of hydrogen-bond acceptors (Lipinski definition) is 4. The van der Waals surface area contributed by atoms with E-state index in [1.165, 1.54) is 13.0 Å². The highest BCUT2D eigenvalue weighted by atomic mass is 32.2. The molecule has 0 aliphatic heterocycles. The SMILES string of the molecule is CC=C(C)C(=O)OC(C)S(=O)(=O)O. The highest BCUT2D eigenvalue weighted by molar-refractivity contribution is 7.86. The Labute approximate surface area is 77.1 Å². The van der Waals surface area contributed by atoms with Crippen LogP contribution < -0.4 is 0 Å². The Morgan fingerprint density at radius 2 is 2.00 bits per heavy atom. The monoisotopic (exact) mass is 208 g/mol. The lowest BCUT2D eigenvalue weighted by Gasteiger charge is -2.09. The summed E-state index contributed by atoms with van der Waals surface area (Å²) in [5.74, 6) is -0.757. The lowest BCUT2D eigenvalue weighted by molar-refractivity contribution is -0.140. The summed E-state index contributed by atoms with van der Waals surface area (Å²) in [6.45, 7) is 4.18. The average molecular weight is 208 g/mol. The van der Waals surface area contributed by atoms with Crippen LogP contribution in [-0.2, 0) is 19.6 Å². The van der Waals surface area contributed by atoms with Crippen LogP contribution in [-0.4, -0.2) is 24.4 Å². The zero-order chi connectivity index (χ0) is 10.6. The first-order chi connectivity index (χ1) is 5.79. The minimum absolute atomic E-state index is 0.288. The molecule has 6 heteroatoms. The van der Waals surface area contributed by atoms with E-state index in [9.17, 15) is 13.2 Å². The second kappa shape index (κ2) is 4.38. The summed E-state index contributed by atoms with van der Waals surface area (Å²) < 4.78 is 33.8. The molecule has 0 spiro atoms. The van der Waals surface area contributed by atoms with E-state index in [1.807, 2.05) is 0 Å². The van der Waals surface area contributed by atoms with Crippen molar-refractivity contribution in [3.63, 3.8) is 0 Å². The Morgan fingerprint density at radius 1 is 1.54 bits per heavy atom. The van der Waals surface area contributed by atoms with Gasteiger partial charge in [0.25, 0.3) is 0 Å². The molecule has 0 aromatic rings. The van der Waals surface area contributed by atoms with Crippen LogP contribution in [0, 0.1) is 0 Å². The van der Waals surface area contributed by atoms with Crippen molar-refractivity contribution in [3.05, 3.63) is 11.6 Å². The van der Waals surface area contributed by atoms with Crippen LogP contribution in [0.4, 0.5) is 0 Å². The fraction of sp³-hybridized carbons (Fsp3) is 0.571. The second-order valence-corrected chi connectivity index (χ2v) is 4.15. The Kier molecular flexibility index (Phi) is 4.09. The lowest BCUT2D eigenvalue weighted by atomic mass is 10.3. The van der Waals surface area contributed by atoms with E-state index in [-0.39, 0.29) is 5.57 Å². The summed E-state index contributed by atoms with van der Waals surface area (Å²) in [7, 11) is -4.31. The van der Waals surface area contributed by atoms with E-state index in [4.69, 9.17) is 4.55 Å². The molecular weight excluding hydrogens is 196 g/mol. The Morgan fingerprint density at radius 3 is 2.31 bits per heavy atom. The highest BCUT2D eigenvalue weighted by Gasteiger charge is 2.21. The summed E-state index contributed by atoms with van der Waals surface area (Å²) in [6, 6.07) is 0. The van der Waals surface area contributed by atoms with Gasteiger partial charge in [0.15, 0.2) is 0 Å². The Balaban J connectivity index is 4.41. The molecule has 0 radical (unpaired) electrons. The van der Waals surface area contributed by atoms with Crippen molar-refractivity contribution in [2.45, 2.75) is 26.2 Å². The number of ether oxygens (including phenoxy) is 1. The molecule has 5 nitrogen and oxygen atoms in total. The van der Waals surface area contributed by atoms with Gasteiger partial charge < -0.3 is 4.74 Å². The number of carbonyl (C=O) groups excluding carboxylic acids is 1. The zero-order valence-corrected chi connectivity index (χ0v) is 8.46. The van der Waals surface area contributed by atoms with Gasteiger partial charge in [-0.2, -0.15) is 8.42 Å². The minimum Gasteiger partial charge on any atom is -0.440 e. The first kappa shape index (κ1) is 12.1. The molecule has 0 rings (SSSR count). The molecule has 0 aliphatic rings. The van der Waals surface area contributed by atoms with Crippen molar-refractivity contribution in [3.8, 4) is 0 Å². The van der Waals surface area contributed by atoms with Gasteiger partial charge in [-0.25, -0.2) is 4.79 Å². The summed E-state index contributed by atoms with van der Waals surface area (Å²) in [6.07, 6.45) is 1.49. The highest BCUT2D eigenvalue weighted by Crippen LogP contribution is 2.04. The van der Waals surface area contributed by atoms with Gasteiger partial charge in [0.1, 0.15) is 0 Å². The van der Waals surface area contributed by atoms with Crippen molar-refractivity contribution in [2.75, 3.05) is 0 Å². The number of hydrogen-bond donors (Lipinski definition) is 1. The van der Waals surface area contributed by atoms with Gasteiger partial charge >= 0.3 is 16.1 Å². The predicted octanol–water partition coefficient (Wildman–Crippen LogP) is 0.730. The summed E-state index contributed by atoms with van der Waals surface area (Å²) in [5.41, 5.74) is -1.25. The first-order valence-electron chi connectivity index (χ1n) is 3.59. The van der Waals surface area contributed by atoms with Crippen molar-refractivity contribution >= 4 is 16.1 Å². The van der Waals surface area contributed by atoms with E-state index in [0.29, 0.717) is 0 Å². The molecule has 1 N–H and O–H groups in total. The Bertz CT molecular complexity index is 314. The van der Waals surface area contributed by atoms with Gasteiger partial charge in [0, 0.05) is 5.57 Å². The summed E-state index contributed by atoms with van der Waals surface area (Å²) in [4.78, 5) is 11.0. The summed E-state index contributed by atoms with van der Waals surface area (Å²) in [5, 5.41) is 0. The van der Waals surface area contributed by atoms with Gasteiger partial charge in [0.05, 0.1) is 0 Å². The number of rotatable bonds is 3. The van der Waals surface area contributed by atoms with Gasteiger partial charge in [-0.3, -0.25) is 4.55 Å². The van der Waals surface area contributed by atoms with Crippen molar-refractivity contribution in [1.82, 2.24) is 0 Å². The average Bonchev–Trinajstić information content (AvgIpc) is 2.01. The maximum Gasteiger partial charge on any atom is 0.334 e. The van der Waals surface area contributed by atoms with E-state index < -0.39 is 21.5 Å². The molecule has 0 bridgehead atoms. The van der Waals surface area contributed by atoms with E-state index in [2.05, 4.69) is 4.74 Å². The van der Waals surface area contributed by atoms with Crippen LogP contribution in [0.1, 0.15) is 20.8 Å². The number of esters is 1. The van der Waals surface area contributed by atoms with E-state index in [1.54, 1.807) is 6.92 Å². The molecule has 0 saturated carbocycles. The van der Waals surface area contributed by atoms with Gasteiger partial charge in [-0.15, -0.1) is 0 Å². The fourth-order valence-corrected chi connectivity index (χ4v) is 0.631. The third-order valence-electron chi connectivity index (χ3n) is 1.45. The molecule has 13 heavy (non-hydrogen) atoms. The number of allylic oxidation sites excluding steroid dienone is 1. The third kappa shape index (κ3) is 4.05. The molecule has 76 valence electrons. The molecule has 1 atom stereocenters. The van der Waals surface area contributed by atoms with Crippen molar-refractivity contribution < 1.29 is 22.5 Å². The first-order valence-corrected chi connectivity index (χ1v) is 5.09. The quantitative estimate of drug-likeness (QED) is 0.420. The molecule has 0 aromatic carbocycles. The van der Waals surface area contributed by atoms with Crippen LogP contribution in [0.25, 0.3) is 0 Å². The lowest BCUT2D eigenvalue weighted by Crippen LogP contribution is -2.24. The molecule has 0 aliphatic carbocycles. The standard InChI is InChI=1S/C7H12O5S/c1-4-5(2)7(8)12-6(3)13(9,10)11/h4,6H,1-3H3,(H,9,10,11). The van der Waals surface area contributed by atoms with E-state index in [0.717, 1.165) is 6.92 Å². The van der Waals surface area contributed by atoms with Crippen LogP contribution >= 0.6 is 0 Å². The predicted molar refractivity (Wildman–Crippen MR) is 46.5 cm³/mol. The molecule has 0 fully saturated rings. The maximum atomic E-state index is 11.0.